The topological polar surface area (TPSA) is 61.4 Å². The van der Waals surface area contributed by atoms with E-state index in [4.69, 9.17) is 0 Å². The van der Waals surface area contributed by atoms with Gasteiger partial charge in [-0.15, -0.1) is 11.3 Å². The highest BCUT2D eigenvalue weighted by Crippen LogP contribution is 2.21. The third-order valence-corrected chi connectivity index (χ3v) is 5.90. The second-order valence-corrected chi connectivity index (χ2v) is 8.40. The van der Waals surface area contributed by atoms with Crippen LogP contribution in [0.5, 0.6) is 0 Å². The first kappa shape index (κ1) is 19.9. The third kappa shape index (κ3) is 5.82. The average Bonchev–Trinajstić information content (AvgIpc) is 3.10. The molecule has 0 aromatic carbocycles. The molecule has 1 aromatic rings. The molecule has 0 unspecified atom stereocenters. The van der Waals surface area contributed by atoms with Gasteiger partial charge in [-0.25, -0.2) is 0 Å². The molecule has 1 saturated heterocycles. The van der Waals surface area contributed by atoms with E-state index in [-0.39, 0.29) is 11.8 Å². The van der Waals surface area contributed by atoms with Crippen molar-refractivity contribution in [3.8, 4) is 0 Å². The lowest BCUT2D eigenvalue weighted by atomic mass is 9.94. The van der Waals surface area contributed by atoms with Crippen molar-refractivity contribution >= 4 is 23.2 Å². The molecule has 1 fully saturated rings. The number of carbonyl (C=O) groups is 2. The molecule has 1 aliphatic heterocycles. The maximum atomic E-state index is 12.4. The molecule has 6 heteroatoms. The van der Waals surface area contributed by atoms with Crippen molar-refractivity contribution in [2.45, 2.75) is 52.6 Å². The standard InChI is InChI=1S/C19H31N3O2S/c1-13(2)16(22-9-7-14(3)8-10-22)12-20-18(23)15(4)21-19(24)17-6-5-11-25-17/h5-6,11,13-16H,7-10,12H2,1-4H3,(H,20,23)(H,21,24)/t15-,16+/m1/s1. The van der Waals surface area contributed by atoms with Crippen LogP contribution in [-0.4, -0.2) is 48.4 Å². The molecule has 2 heterocycles. The van der Waals surface area contributed by atoms with Crippen LogP contribution in [-0.2, 0) is 4.79 Å². The van der Waals surface area contributed by atoms with Gasteiger partial charge in [0.05, 0.1) is 4.88 Å². The fraction of sp³-hybridized carbons (Fsp3) is 0.684. The highest BCUT2D eigenvalue weighted by Gasteiger charge is 2.26. The van der Waals surface area contributed by atoms with Gasteiger partial charge in [-0.05, 0) is 56.1 Å². The molecule has 1 aliphatic rings. The van der Waals surface area contributed by atoms with Gasteiger partial charge in [-0.1, -0.05) is 26.8 Å². The zero-order valence-corrected chi connectivity index (χ0v) is 16.6. The highest BCUT2D eigenvalue weighted by molar-refractivity contribution is 7.12. The van der Waals surface area contributed by atoms with E-state index in [1.54, 1.807) is 13.0 Å². The Bertz CT molecular complexity index is 551. The predicted molar refractivity (Wildman–Crippen MR) is 103 cm³/mol. The third-order valence-electron chi connectivity index (χ3n) is 5.03. The van der Waals surface area contributed by atoms with Crippen LogP contribution in [0.3, 0.4) is 0 Å². The molecule has 0 bridgehead atoms. The van der Waals surface area contributed by atoms with Crippen molar-refractivity contribution in [2.24, 2.45) is 11.8 Å². The van der Waals surface area contributed by atoms with E-state index in [0.29, 0.717) is 23.4 Å². The molecule has 2 amide bonds. The van der Waals surface area contributed by atoms with Gasteiger partial charge in [-0.3, -0.25) is 14.5 Å². The number of rotatable bonds is 7. The summed E-state index contributed by atoms with van der Waals surface area (Å²) in [5.41, 5.74) is 0. The minimum Gasteiger partial charge on any atom is -0.353 e. The van der Waals surface area contributed by atoms with Crippen LogP contribution in [0.25, 0.3) is 0 Å². The van der Waals surface area contributed by atoms with Crippen molar-refractivity contribution in [3.63, 3.8) is 0 Å². The maximum absolute atomic E-state index is 12.4. The minimum absolute atomic E-state index is 0.124. The molecule has 0 spiro atoms. The number of thiophene rings is 1. The van der Waals surface area contributed by atoms with Crippen LogP contribution in [0, 0.1) is 11.8 Å². The monoisotopic (exact) mass is 365 g/mol. The van der Waals surface area contributed by atoms with E-state index in [2.05, 4.69) is 36.3 Å². The number of carbonyl (C=O) groups excluding carboxylic acids is 2. The van der Waals surface area contributed by atoms with Crippen molar-refractivity contribution in [1.82, 2.24) is 15.5 Å². The van der Waals surface area contributed by atoms with Gasteiger partial charge in [0.1, 0.15) is 6.04 Å². The number of nitrogens with one attached hydrogen (secondary N) is 2. The van der Waals surface area contributed by atoms with E-state index in [1.165, 1.54) is 24.2 Å². The molecule has 1 aromatic heterocycles. The summed E-state index contributed by atoms with van der Waals surface area (Å²) in [6.45, 7) is 11.3. The number of piperidine rings is 1. The second-order valence-electron chi connectivity index (χ2n) is 7.45. The van der Waals surface area contributed by atoms with Gasteiger partial charge in [0, 0.05) is 12.6 Å². The molecule has 5 nitrogen and oxygen atoms in total. The van der Waals surface area contributed by atoms with Gasteiger partial charge in [0.15, 0.2) is 0 Å². The smallest absolute Gasteiger partial charge is 0.261 e. The SMILES string of the molecule is CC1CCN([C@@H](CNC(=O)[C@@H](C)NC(=O)c2cccs2)C(C)C)CC1. The van der Waals surface area contributed by atoms with E-state index < -0.39 is 6.04 Å². The summed E-state index contributed by atoms with van der Waals surface area (Å²) in [5, 5.41) is 7.65. The first-order valence-corrected chi connectivity index (χ1v) is 10.1. The Morgan fingerprint density at radius 1 is 1.28 bits per heavy atom. The summed E-state index contributed by atoms with van der Waals surface area (Å²) in [6, 6.07) is 3.40. The fourth-order valence-electron chi connectivity index (χ4n) is 3.25. The summed E-state index contributed by atoms with van der Waals surface area (Å²) in [4.78, 5) is 27.6. The fourth-order valence-corrected chi connectivity index (χ4v) is 3.87. The first-order valence-electron chi connectivity index (χ1n) is 9.24. The number of likely N-dealkylation sites (tertiary alicyclic amines) is 1. The molecule has 2 atom stereocenters. The Morgan fingerprint density at radius 2 is 1.96 bits per heavy atom. The lowest BCUT2D eigenvalue weighted by Gasteiger charge is -2.39. The average molecular weight is 366 g/mol. The van der Waals surface area contributed by atoms with E-state index in [1.807, 2.05) is 11.4 Å². The van der Waals surface area contributed by atoms with Gasteiger partial charge < -0.3 is 10.6 Å². The maximum Gasteiger partial charge on any atom is 0.261 e. The lowest BCUT2D eigenvalue weighted by molar-refractivity contribution is -0.123. The quantitative estimate of drug-likeness (QED) is 0.781. The van der Waals surface area contributed by atoms with Crippen molar-refractivity contribution in [1.29, 1.82) is 0 Å². The molecular weight excluding hydrogens is 334 g/mol. The van der Waals surface area contributed by atoms with Crippen LogP contribution in [0.2, 0.25) is 0 Å². The van der Waals surface area contributed by atoms with Crippen molar-refractivity contribution < 1.29 is 9.59 Å². The zero-order valence-electron chi connectivity index (χ0n) is 15.7. The number of hydrogen-bond donors (Lipinski definition) is 2. The molecule has 0 aliphatic carbocycles. The number of nitrogens with zero attached hydrogens (tertiary/aromatic N) is 1. The first-order chi connectivity index (χ1) is 11.9. The van der Waals surface area contributed by atoms with Crippen LogP contribution in [0.4, 0.5) is 0 Å². The molecule has 0 radical (unpaired) electrons. The Hall–Kier alpha value is -1.40. The highest BCUT2D eigenvalue weighted by atomic mass is 32.1. The van der Waals surface area contributed by atoms with Gasteiger partial charge in [-0.2, -0.15) is 0 Å². The summed E-state index contributed by atoms with van der Waals surface area (Å²) < 4.78 is 0. The normalized spacial score (nSPS) is 18.8. The molecule has 2 rings (SSSR count). The number of amides is 2. The summed E-state index contributed by atoms with van der Waals surface area (Å²) in [7, 11) is 0. The lowest BCUT2D eigenvalue weighted by Crippen LogP contribution is -2.52. The van der Waals surface area contributed by atoms with Crippen molar-refractivity contribution in [2.75, 3.05) is 19.6 Å². The largest absolute Gasteiger partial charge is 0.353 e. The van der Waals surface area contributed by atoms with Gasteiger partial charge in [0.25, 0.3) is 5.91 Å². The van der Waals surface area contributed by atoms with Crippen LogP contribution < -0.4 is 10.6 Å². The van der Waals surface area contributed by atoms with E-state index in [0.717, 1.165) is 19.0 Å². The molecular formula is C19H31N3O2S. The Morgan fingerprint density at radius 3 is 2.52 bits per heavy atom. The Labute approximate surface area is 155 Å². The van der Waals surface area contributed by atoms with Crippen LogP contribution in [0.1, 0.15) is 50.2 Å². The van der Waals surface area contributed by atoms with Gasteiger partial charge >= 0.3 is 0 Å². The van der Waals surface area contributed by atoms with Gasteiger partial charge in [0.2, 0.25) is 5.91 Å². The predicted octanol–water partition coefficient (Wildman–Crippen LogP) is 2.74. The molecule has 25 heavy (non-hydrogen) atoms. The number of hydrogen-bond acceptors (Lipinski definition) is 4. The Kier molecular flexibility index (Phi) is 7.44. The zero-order chi connectivity index (χ0) is 18.4. The Balaban J connectivity index is 1.82. The molecule has 0 saturated carbocycles. The van der Waals surface area contributed by atoms with Crippen LogP contribution >= 0.6 is 11.3 Å². The molecule has 140 valence electrons. The van der Waals surface area contributed by atoms with E-state index in [9.17, 15) is 9.59 Å². The van der Waals surface area contributed by atoms with Crippen LogP contribution in [0.15, 0.2) is 17.5 Å². The second kappa shape index (κ2) is 9.34. The van der Waals surface area contributed by atoms with Crippen molar-refractivity contribution in [3.05, 3.63) is 22.4 Å². The summed E-state index contributed by atoms with van der Waals surface area (Å²) >= 11 is 1.38. The molecule has 2 N–H and O–H groups in total. The minimum atomic E-state index is -0.538. The summed E-state index contributed by atoms with van der Waals surface area (Å²) in [5.74, 6) is 0.958. The van der Waals surface area contributed by atoms with E-state index >= 15 is 0 Å². The summed E-state index contributed by atoms with van der Waals surface area (Å²) in [6.07, 6.45) is 2.45.